The Kier molecular flexibility index (Phi) is 9.15. The predicted octanol–water partition coefficient (Wildman–Crippen LogP) is 4.69. The van der Waals surface area contributed by atoms with Crippen LogP contribution >= 0.6 is 23.2 Å². The molecular formula is C25H31Cl2FN6O3S. The van der Waals surface area contributed by atoms with Gasteiger partial charge in [-0.1, -0.05) is 23.2 Å². The van der Waals surface area contributed by atoms with Crippen molar-refractivity contribution in [2.75, 3.05) is 38.2 Å². The van der Waals surface area contributed by atoms with Crippen LogP contribution in [0, 0.1) is 5.82 Å². The maximum Gasteiger partial charge on any atom is 0.211 e. The number of rotatable bonds is 10. The molecule has 1 aromatic carbocycles. The van der Waals surface area contributed by atoms with Gasteiger partial charge in [-0.15, -0.1) is 0 Å². The Balaban J connectivity index is 1.40. The third-order valence-electron chi connectivity index (χ3n) is 6.74. The molecule has 9 nitrogen and oxygen atoms in total. The Bertz CT molecular complexity index is 1380. The highest BCUT2D eigenvalue weighted by atomic mass is 35.5. The number of aromatic nitrogens is 3. The summed E-state index contributed by atoms with van der Waals surface area (Å²) in [5.74, 6) is 0.0644. The second-order valence-corrected chi connectivity index (χ2v) is 12.1. The molecule has 1 aliphatic heterocycles. The molecule has 38 heavy (non-hydrogen) atoms. The number of pyridine rings is 1. The first-order valence-corrected chi connectivity index (χ1v) is 14.7. The van der Waals surface area contributed by atoms with E-state index in [1.807, 2.05) is 10.9 Å². The fraction of sp³-hybridized carbons (Fsp3) is 0.440. The molecule has 0 bridgehead atoms. The molecule has 0 unspecified atom stereocenters. The van der Waals surface area contributed by atoms with E-state index in [0.717, 1.165) is 43.6 Å². The monoisotopic (exact) mass is 584 g/mol. The lowest BCUT2D eigenvalue weighted by Crippen LogP contribution is -2.36. The Labute approximate surface area is 232 Å². The number of nitrogens with two attached hydrogens (primary N) is 1. The second kappa shape index (κ2) is 12.2. The summed E-state index contributed by atoms with van der Waals surface area (Å²) in [7, 11) is -1.73. The highest BCUT2D eigenvalue weighted by Gasteiger charge is 2.23. The Morgan fingerprint density at radius 2 is 1.97 bits per heavy atom. The normalized spacial score (nSPS) is 16.0. The molecule has 3 N–H and O–H groups in total. The largest absolute Gasteiger partial charge is 0.482 e. The number of benzene rings is 1. The smallest absolute Gasteiger partial charge is 0.211 e. The van der Waals surface area contributed by atoms with Crippen molar-refractivity contribution in [3.8, 4) is 16.9 Å². The molecule has 2 aromatic heterocycles. The molecule has 0 radical (unpaired) electrons. The topological polar surface area (TPSA) is 115 Å². The minimum atomic E-state index is -3.17. The predicted molar refractivity (Wildman–Crippen MR) is 148 cm³/mol. The van der Waals surface area contributed by atoms with Gasteiger partial charge >= 0.3 is 0 Å². The molecule has 3 heterocycles. The number of piperidine rings is 1. The second-order valence-electron chi connectivity index (χ2n) is 9.28. The van der Waals surface area contributed by atoms with Crippen LogP contribution in [0.25, 0.3) is 11.1 Å². The van der Waals surface area contributed by atoms with E-state index < -0.39 is 21.9 Å². The minimum Gasteiger partial charge on any atom is -0.482 e. The van der Waals surface area contributed by atoms with Crippen LogP contribution in [0.2, 0.25) is 10.0 Å². The van der Waals surface area contributed by atoms with Crippen molar-refractivity contribution in [2.24, 2.45) is 0 Å². The van der Waals surface area contributed by atoms with Crippen molar-refractivity contribution in [3.05, 3.63) is 58.2 Å². The van der Waals surface area contributed by atoms with Crippen LogP contribution in [0.15, 0.2) is 36.8 Å². The molecule has 0 amide bonds. The lowest BCUT2D eigenvalue weighted by molar-refractivity contribution is 0.180. The minimum absolute atomic E-state index is 0.0944. The zero-order valence-corrected chi connectivity index (χ0v) is 23.5. The highest BCUT2D eigenvalue weighted by Crippen LogP contribution is 2.37. The number of hydrogen-bond acceptors (Lipinski definition) is 7. The quantitative estimate of drug-likeness (QED) is 0.332. The van der Waals surface area contributed by atoms with Crippen molar-refractivity contribution in [1.29, 1.82) is 0 Å². The Morgan fingerprint density at radius 3 is 2.68 bits per heavy atom. The molecule has 1 atom stereocenters. The molecular weight excluding hydrogens is 554 g/mol. The maximum atomic E-state index is 14.0. The first kappa shape index (κ1) is 28.6. The van der Waals surface area contributed by atoms with Gasteiger partial charge in [-0.3, -0.25) is 4.68 Å². The van der Waals surface area contributed by atoms with Crippen LogP contribution in [0.5, 0.6) is 5.75 Å². The third kappa shape index (κ3) is 6.76. The number of anilines is 1. The van der Waals surface area contributed by atoms with Crippen LogP contribution in [0.4, 0.5) is 10.2 Å². The van der Waals surface area contributed by atoms with Gasteiger partial charge in [0.15, 0.2) is 11.6 Å². The van der Waals surface area contributed by atoms with Gasteiger partial charge in [0.05, 0.1) is 23.0 Å². The van der Waals surface area contributed by atoms with E-state index in [2.05, 4.69) is 19.7 Å². The first-order chi connectivity index (χ1) is 18.1. The van der Waals surface area contributed by atoms with E-state index in [-0.39, 0.29) is 22.6 Å². The summed E-state index contributed by atoms with van der Waals surface area (Å²) in [5.41, 5.74) is 8.03. The van der Waals surface area contributed by atoms with Gasteiger partial charge in [-0.05, 0) is 58.0 Å². The van der Waals surface area contributed by atoms with Crippen LogP contribution in [0.3, 0.4) is 0 Å². The first-order valence-electron chi connectivity index (χ1n) is 12.3. The zero-order chi connectivity index (χ0) is 27.4. The number of halogens is 3. The van der Waals surface area contributed by atoms with Crippen molar-refractivity contribution in [2.45, 2.75) is 38.3 Å². The summed E-state index contributed by atoms with van der Waals surface area (Å²) >= 11 is 12.4. The summed E-state index contributed by atoms with van der Waals surface area (Å²) in [6.07, 6.45) is 7.16. The van der Waals surface area contributed by atoms with Crippen molar-refractivity contribution in [1.82, 2.24) is 24.4 Å². The van der Waals surface area contributed by atoms with E-state index in [1.165, 1.54) is 19.2 Å². The molecule has 0 aliphatic carbocycles. The van der Waals surface area contributed by atoms with Gasteiger partial charge in [0.1, 0.15) is 11.9 Å². The molecule has 1 fully saturated rings. The van der Waals surface area contributed by atoms with E-state index >= 15 is 0 Å². The number of nitrogens with one attached hydrogen (secondary N) is 1. The van der Waals surface area contributed by atoms with Gasteiger partial charge in [0.2, 0.25) is 10.0 Å². The van der Waals surface area contributed by atoms with Crippen LogP contribution in [-0.2, 0) is 10.0 Å². The van der Waals surface area contributed by atoms with Gasteiger partial charge < -0.3 is 15.4 Å². The lowest BCUT2D eigenvalue weighted by Gasteiger charge is -2.32. The fourth-order valence-corrected chi connectivity index (χ4v) is 5.94. The highest BCUT2D eigenvalue weighted by molar-refractivity contribution is 7.89. The molecule has 1 aliphatic rings. The summed E-state index contributed by atoms with van der Waals surface area (Å²) < 4.78 is 47.5. The average Bonchev–Trinajstić information content (AvgIpc) is 3.38. The number of hydrogen-bond donors (Lipinski definition) is 2. The van der Waals surface area contributed by atoms with Crippen molar-refractivity contribution in [3.63, 3.8) is 0 Å². The Morgan fingerprint density at radius 1 is 1.24 bits per heavy atom. The number of nitrogens with zero attached hydrogens (tertiary/aromatic N) is 4. The zero-order valence-electron chi connectivity index (χ0n) is 21.2. The summed E-state index contributed by atoms with van der Waals surface area (Å²) in [6.45, 7) is 4.22. The summed E-state index contributed by atoms with van der Waals surface area (Å²) in [6, 6.07) is 4.65. The van der Waals surface area contributed by atoms with Crippen molar-refractivity contribution < 1.29 is 17.5 Å². The van der Waals surface area contributed by atoms with Crippen LogP contribution in [-0.4, -0.2) is 60.5 Å². The fourth-order valence-electron chi connectivity index (χ4n) is 4.55. The number of likely N-dealkylation sites (tertiary alicyclic amines) is 1. The molecule has 1 saturated heterocycles. The van der Waals surface area contributed by atoms with Gasteiger partial charge in [0, 0.05) is 47.2 Å². The number of ether oxygens (including phenoxy) is 1. The van der Waals surface area contributed by atoms with Crippen LogP contribution in [0.1, 0.15) is 43.9 Å². The standard InChI is InChI=1S/C25H31Cl2FN6O3S/c1-16(23-20(26)4-5-21(28)24(23)27)37-22-12-17(13-31-25(22)29)18-14-32-34(15-18)19-6-9-33(10-7-19)8-3-11-38(35,36)30-2/h4-5,12-16,19,30H,3,6-11H2,1-2H3,(H2,29,31)/t16-/m1/s1. The van der Waals surface area contributed by atoms with Crippen LogP contribution < -0.4 is 15.2 Å². The average molecular weight is 586 g/mol. The molecule has 3 aromatic rings. The Hall–Kier alpha value is -2.44. The van der Waals surface area contributed by atoms with Crippen molar-refractivity contribution >= 4 is 39.0 Å². The van der Waals surface area contributed by atoms with E-state index in [4.69, 9.17) is 33.7 Å². The molecule has 4 rings (SSSR count). The van der Waals surface area contributed by atoms with Gasteiger partial charge in [-0.2, -0.15) is 5.10 Å². The van der Waals surface area contributed by atoms with Gasteiger partial charge in [0.25, 0.3) is 0 Å². The molecule has 0 spiro atoms. The third-order valence-corrected chi connectivity index (χ3v) is 8.90. The lowest BCUT2D eigenvalue weighted by atomic mass is 10.1. The van der Waals surface area contributed by atoms with E-state index in [9.17, 15) is 12.8 Å². The van der Waals surface area contributed by atoms with E-state index in [1.54, 1.807) is 25.4 Å². The summed E-state index contributed by atoms with van der Waals surface area (Å²) in [4.78, 5) is 6.56. The summed E-state index contributed by atoms with van der Waals surface area (Å²) in [5, 5.41) is 4.77. The molecule has 206 valence electrons. The molecule has 13 heteroatoms. The maximum absolute atomic E-state index is 14.0. The van der Waals surface area contributed by atoms with E-state index in [0.29, 0.717) is 22.8 Å². The number of nitrogen functional groups attached to an aromatic ring is 1. The number of sulfonamides is 1. The molecule has 0 saturated carbocycles. The van der Waals surface area contributed by atoms with Gasteiger partial charge in [-0.25, -0.2) is 22.5 Å². The SMILES string of the molecule is CNS(=O)(=O)CCCN1CCC(n2cc(-c3cnc(N)c(O[C@H](C)c4c(Cl)ccc(F)c4Cl)c3)cn2)CC1.